The number of halogens is 2. The molecule has 1 aliphatic carbocycles. The third kappa shape index (κ3) is 5.70. The zero-order valence-electron chi connectivity index (χ0n) is 13.8. The van der Waals surface area contributed by atoms with E-state index in [0.29, 0.717) is 5.92 Å². The maximum Gasteiger partial charge on any atom is 0.340 e. The summed E-state index contributed by atoms with van der Waals surface area (Å²) in [5.41, 5.74) is -0.0589. The van der Waals surface area contributed by atoms with Gasteiger partial charge in [0.25, 0.3) is 5.91 Å². The molecule has 1 aliphatic rings. The number of hydrogen-bond acceptors (Lipinski definition) is 4. The Morgan fingerprint density at radius 3 is 2.68 bits per heavy atom. The van der Waals surface area contributed by atoms with Gasteiger partial charge in [-0.25, -0.2) is 14.0 Å². The lowest BCUT2D eigenvalue weighted by atomic mass is 9.86. The second-order valence-electron chi connectivity index (χ2n) is 6.09. The maximum absolute atomic E-state index is 12.9. The SMILES string of the molecule is C[C@H]1CCCC[C@@H]1NC(=O)NC(=O)COC(=O)c1ccc(F)cc1Cl. The van der Waals surface area contributed by atoms with Crippen molar-refractivity contribution in [2.45, 2.75) is 38.6 Å². The van der Waals surface area contributed by atoms with Crippen LogP contribution in [0.3, 0.4) is 0 Å². The molecule has 0 aromatic heterocycles. The Labute approximate surface area is 150 Å². The molecule has 1 aromatic carbocycles. The van der Waals surface area contributed by atoms with Gasteiger partial charge in [-0.3, -0.25) is 10.1 Å². The predicted octanol–water partition coefficient (Wildman–Crippen LogP) is 3.04. The van der Waals surface area contributed by atoms with Crippen molar-refractivity contribution in [1.29, 1.82) is 0 Å². The summed E-state index contributed by atoms with van der Waals surface area (Å²) in [6, 6.07) is 2.61. The normalized spacial score (nSPS) is 19.8. The van der Waals surface area contributed by atoms with Gasteiger partial charge >= 0.3 is 12.0 Å². The zero-order chi connectivity index (χ0) is 18.4. The largest absolute Gasteiger partial charge is 0.452 e. The Morgan fingerprint density at radius 1 is 1.28 bits per heavy atom. The number of urea groups is 1. The number of nitrogens with one attached hydrogen (secondary N) is 2. The van der Waals surface area contributed by atoms with E-state index in [1.165, 1.54) is 0 Å². The summed E-state index contributed by atoms with van der Waals surface area (Å²) in [4.78, 5) is 35.4. The summed E-state index contributed by atoms with van der Waals surface area (Å²) in [7, 11) is 0. The molecular weight excluding hydrogens is 351 g/mol. The van der Waals surface area contributed by atoms with E-state index in [9.17, 15) is 18.8 Å². The van der Waals surface area contributed by atoms with E-state index in [1.54, 1.807) is 0 Å². The smallest absolute Gasteiger partial charge is 0.340 e. The summed E-state index contributed by atoms with van der Waals surface area (Å²) in [5, 5.41) is 4.76. The number of amides is 3. The molecule has 1 aromatic rings. The second-order valence-corrected chi connectivity index (χ2v) is 6.50. The quantitative estimate of drug-likeness (QED) is 0.798. The highest BCUT2D eigenvalue weighted by molar-refractivity contribution is 6.33. The second kappa shape index (κ2) is 8.80. The minimum Gasteiger partial charge on any atom is -0.452 e. The third-order valence-electron chi connectivity index (χ3n) is 4.17. The van der Waals surface area contributed by atoms with Crippen molar-refractivity contribution >= 4 is 29.5 Å². The van der Waals surface area contributed by atoms with Crippen LogP contribution in [0.25, 0.3) is 0 Å². The minimum absolute atomic E-state index is 0.0297. The first-order valence-corrected chi connectivity index (χ1v) is 8.47. The molecule has 3 amide bonds. The van der Waals surface area contributed by atoms with E-state index in [2.05, 4.69) is 17.6 Å². The van der Waals surface area contributed by atoms with Gasteiger partial charge in [0.1, 0.15) is 5.82 Å². The Bertz CT molecular complexity index is 668. The van der Waals surface area contributed by atoms with Crippen LogP contribution in [0.2, 0.25) is 5.02 Å². The lowest BCUT2D eigenvalue weighted by molar-refractivity contribution is -0.123. The van der Waals surface area contributed by atoms with Crippen molar-refractivity contribution < 1.29 is 23.5 Å². The highest BCUT2D eigenvalue weighted by Gasteiger charge is 2.23. The number of rotatable bonds is 4. The molecule has 0 spiro atoms. The Balaban J connectivity index is 1.77. The van der Waals surface area contributed by atoms with Crippen molar-refractivity contribution in [3.05, 3.63) is 34.6 Å². The van der Waals surface area contributed by atoms with E-state index in [-0.39, 0.29) is 16.6 Å². The first kappa shape index (κ1) is 19.2. The number of imide groups is 1. The predicted molar refractivity (Wildman–Crippen MR) is 89.8 cm³/mol. The summed E-state index contributed by atoms with van der Waals surface area (Å²) in [5.74, 6) is -1.87. The van der Waals surface area contributed by atoms with Crippen molar-refractivity contribution in [1.82, 2.24) is 10.6 Å². The number of benzene rings is 1. The fraction of sp³-hybridized carbons (Fsp3) is 0.471. The van der Waals surface area contributed by atoms with E-state index >= 15 is 0 Å². The molecule has 0 aliphatic heterocycles. The highest BCUT2D eigenvalue weighted by atomic mass is 35.5. The number of hydrogen-bond donors (Lipinski definition) is 2. The topological polar surface area (TPSA) is 84.5 Å². The molecule has 0 bridgehead atoms. The van der Waals surface area contributed by atoms with Crippen LogP contribution in [-0.2, 0) is 9.53 Å². The van der Waals surface area contributed by atoms with Crippen molar-refractivity contribution in [3.8, 4) is 0 Å². The van der Waals surface area contributed by atoms with Gasteiger partial charge in [0, 0.05) is 6.04 Å². The molecule has 8 heteroatoms. The van der Waals surface area contributed by atoms with E-state index in [4.69, 9.17) is 16.3 Å². The van der Waals surface area contributed by atoms with Gasteiger partial charge in [-0.1, -0.05) is 31.4 Å². The van der Waals surface area contributed by atoms with Gasteiger partial charge in [-0.2, -0.15) is 0 Å². The zero-order valence-corrected chi connectivity index (χ0v) is 14.6. The molecule has 6 nitrogen and oxygen atoms in total. The van der Waals surface area contributed by atoms with Gasteiger partial charge in [0.05, 0.1) is 10.6 Å². The Hall–Kier alpha value is -2.15. The molecule has 0 unspecified atom stereocenters. The van der Waals surface area contributed by atoms with Crippen LogP contribution in [0.5, 0.6) is 0 Å². The van der Waals surface area contributed by atoms with Crippen LogP contribution < -0.4 is 10.6 Å². The molecule has 0 saturated heterocycles. The highest BCUT2D eigenvalue weighted by Crippen LogP contribution is 2.23. The average Bonchev–Trinajstić information content (AvgIpc) is 2.54. The molecule has 2 atom stereocenters. The van der Waals surface area contributed by atoms with Crippen LogP contribution in [0.15, 0.2) is 18.2 Å². The lowest BCUT2D eigenvalue weighted by Crippen LogP contribution is -2.48. The van der Waals surface area contributed by atoms with Gasteiger partial charge in [0.2, 0.25) is 0 Å². The van der Waals surface area contributed by atoms with Gasteiger partial charge in [-0.05, 0) is 37.0 Å². The van der Waals surface area contributed by atoms with E-state index < -0.39 is 30.3 Å². The summed E-state index contributed by atoms with van der Waals surface area (Å²) < 4.78 is 17.7. The summed E-state index contributed by atoms with van der Waals surface area (Å²) in [6.45, 7) is 1.42. The number of carbonyl (C=O) groups excluding carboxylic acids is 3. The van der Waals surface area contributed by atoms with E-state index in [0.717, 1.165) is 43.9 Å². The third-order valence-corrected chi connectivity index (χ3v) is 4.48. The molecule has 25 heavy (non-hydrogen) atoms. The molecule has 2 rings (SSSR count). The maximum atomic E-state index is 12.9. The van der Waals surface area contributed by atoms with Crippen molar-refractivity contribution in [2.75, 3.05) is 6.61 Å². The number of ether oxygens (including phenoxy) is 1. The van der Waals surface area contributed by atoms with Crippen LogP contribution in [0.1, 0.15) is 43.0 Å². The Kier molecular flexibility index (Phi) is 6.75. The molecule has 0 radical (unpaired) electrons. The molecular formula is C17H20ClFN2O4. The fourth-order valence-electron chi connectivity index (χ4n) is 2.76. The number of esters is 1. The van der Waals surface area contributed by atoms with Gasteiger partial charge in [-0.15, -0.1) is 0 Å². The van der Waals surface area contributed by atoms with E-state index in [1.807, 2.05) is 0 Å². The Morgan fingerprint density at radius 2 is 2.00 bits per heavy atom. The molecule has 1 saturated carbocycles. The standard InChI is InChI=1S/C17H20ClFN2O4/c1-10-4-2-3-5-14(10)20-17(24)21-15(22)9-25-16(23)12-7-6-11(19)8-13(12)18/h6-8,10,14H,2-5,9H2,1H3,(H2,20,21,22,24)/t10-,14-/m0/s1. The first-order chi connectivity index (χ1) is 11.9. The number of carbonyl (C=O) groups is 3. The molecule has 136 valence electrons. The summed E-state index contributed by atoms with van der Waals surface area (Å²) in [6.07, 6.45) is 4.09. The van der Waals surface area contributed by atoms with Gasteiger partial charge < -0.3 is 10.1 Å². The lowest BCUT2D eigenvalue weighted by Gasteiger charge is -2.29. The molecule has 2 N–H and O–H groups in total. The van der Waals surface area contributed by atoms with Crippen molar-refractivity contribution in [2.24, 2.45) is 5.92 Å². The van der Waals surface area contributed by atoms with Crippen molar-refractivity contribution in [3.63, 3.8) is 0 Å². The van der Waals surface area contributed by atoms with Crippen LogP contribution in [0, 0.1) is 11.7 Å². The van der Waals surface area contributed by atoms with Crippen LogP contribution in [-0.4, -0.2) is 30.6 Å². The monoisotopic (exact) mass is 370 g/mol. The fourth-order valence-corrected chi connectivity index (χ4v) is 3.01. The summed E-state index contributed by atoms with van der Waals surface area (Å²) >= 11 is 5.74. The minimum atomic E-state index is -0.874. The van der Waals surface area contributed by atoms with Gasteiger partial charge in [0.15, 0.2) is 6.61 Å². The van der Waals surface area contributed by atoms with Crippen LogP contribution >= 0.6 is 11.6 Å². The van der Waals surface area contributed by atoms with Crippen LogP contribution in [0.4, 0.5) is 9.18 Å². The molecule has 1 fully saturated rings. The molecule has 0 heterocycles. The average molecular weight is 371 g/mol. The first-order valence-electron chi connectivity index (χ1n) is 8.09.